The molecular weight excluding hydrogens is 362 g/mol. The van der Waals surface area contributed by atoms with E-state index in [4.69, 9.17) is 9.47 Å². The minimum Gasteiger partial charge on any atom is -0.454 e. The molecule has 3 heterocycles. The molecule has 150 valence electrons. The van der Waals surface area contributed by atoms with Crippen LogP contribution in [0.25, 0.3) is 0 Å². The third kappa shape index (κ3) is 3.21. The lowest BCUT2D eigenvalue weighted by Crippen LogP contribution is -2.55. The number of nitrogens with zero attached hydrogens (tertiary/aromatic N) is 2. The average molecular weight is 387 g/mol. The van der Waals surface area contributed by atoms with Gasteiger partial charge in [0.05, 0.1) is 0 Å². The third-order valence-corrected chi connectivity index (χ3v) is 5.81. The first-order valence-corrected chi connectivity index (χ1v) is 9.48. The Morgan fingerprint density at radius 1 is 1.32 bits per heavy atom. The van der Waals surface area contributed by atoms with Crippen molar-refractivity contribution in [1.82, 2.24) is 20.9 Å². The van der Waals surface area contributed by atoms with Crippen molar-refractivity contribution in [2.24, 2.45) is 10.9 Å². The summed E-state index contributed by atoms with van der Waals surface area (Å²) in [6, 6.07) is 5.43. The number of amides is 3. The topological polar surface area (TPSA) is 104 Å². The second kappa shape index (κ2) is 7.21. The Labute approximate surface area is 163 Å². The van der Waals surface area contributed by atoms with Crippen molar-refractivity contribution in [3.63, 3.8) is 0 Å². The molecule has 2 saturated heterocycles. The maximum Gasteiger partial charge on any atom is 0.322 e. The van der Waals surface area contributed by atoms with Crippen molar-refractivity contribution in [2.45, 2.75) is 31.8 Å². The summed E-state index contributed by atoms with van der Waals surface area (Å²) in [5, 5.41) is 8.52. The summed E-state index contributed by atoms with van der Waals surface area (Å²) in [5.41, 5.74) is 0.186. The number of carbonyl (C=O) groups excluding carboxylic acids is 2. The van der Waals surface area contributed by atoms with E-state index in [1.165, 1.54) is 0 Å². The van der Waals surface area contributed by atoms with Crippen molar-refractivity contribution in [1.29, 1.82) is 0 Å². The van der Waals surface area contributed by atoms with Gasteiger partial charge in [-0.05, 0) is 31.7 Å². The first-order chi connectivity index (χ1) is 13.5. The minimum atomic E-state index is -0.831. The smallest absolute Gasteiger partial charge is 0.322 e. The van der Waals surface area contributed by atoms with E-state index in [9.17, 15) is 9.59 Å². The summed E-state index contributed by atoms with van der Waals surface area (Å²) >= 11 is 0. The summed E-state index contributed by atoms with van der Waals surface area (Å²) in [6.45, 7) is 4.15. The first kappa shape index (κ1) is 18.4. The van der Waals surface area contributed by atoms with Gasteiger partial charge in [-0.3, -0.25) is 15.1 Å². The summed E-state index contributed by atoms with van der Waals surface area (Å²) in [6.07, 6.45) is 1.59. The molecule has 0 aliphatic carbocycles. The van der Waals surface area contributed by atoms with Gasteiger partial charge in [0.1, 0.15) is 5.54 Å². The second-order valence-corrected chi connectivity index (χ2v) is 7.42. The average Bonchev–Trinajstić information content (AvgIpc) is 3.27. The number of para-hydroxylation sites is 1. The fourth-order valence-corrected chi connectivity index (χ4v) is 4.15. The number of likely N-dealkylation sites (tertiary alicyclic amines) is 1. The molecule has 3 aliphatic heterocycles. The third-order valence-electron chi connectivity index (χ3n) is 5.81. The van der Waals surface area contributed by atoms with Crippen molar-refractivity contribution in [2.75, 3.05) is 26.9 Å². The van der Waals surface area contributed by atoms with Crippen LogP contribution in [-0.2, 0) is 11.3 Å². The molecule has 0 radical (unpaired) electrons. The Morgan fingerprint density at radius 3 is 2.79 bits per heavy atom. The number of piperidine rings is 1. The van der Waals surface area contributed by atoms with Gasteiger partial charge < -0.3 is 25.0 Å². The van der Waals surface area contributed by atoms with Gasteiger partial charge in [-0.15, -0.1) is 0 Å². The van der Waals surface area contributed by atoms with E-state index in [0.717, 1.165) is 49.0 Å². The highest BCUT2D eigenvalue weighted by Gasteiger charge is 2.48. The first-order valence-electron chi connectivity index (χ1n) is 9.48. The molecule has 3 aliphatic rings. The molecule has 0 aromatic heterocycles. The van der Waals surface area contributed by atoms with Crippen molar-refractivity contribution < 1.29 is 19.1 Å². The Bertz CT molecular complexity index is 819. The molecule has 0 saturated carbocycles. The number of hydrogen-bond acceptors (Lipinski definition) is 5. The molecule has 4 rings (SSSR count). The van der Waals surface area contributed by atoms with E-state index in [0.29, 0.717) is 6.54 Å². The Kier molecular flexibility index (Phi) is 4.74. The number of nitrogens with one attached hydrogen (secondary N) is 3. The van der Waals surface area contributed by atoms with Crippen LogP contribution in [0.15, 0.2) is 23.2 Å². The molecule has 0 bridgehead atoms. The molecule has 1 unspecified atom stereocenters. The number of fused-ring (bicyclic) bond motifs is 1. The molecule has 9 heteroatoms. The molecule has 9 nitrogen and oxygen atoms in total. The lowest BCUT2D eigenvalue weighted by Gasteiger charge is -2.39. The lowest BCUT2D eigenvalue weighted by atomic mass is 9.79. The highest BCUT2D eigenvalue weighted by Crippen LogP contribution is 2.35. The van der Waals surface area contributed by atoms with Crippen LogP contribution in [0.4, 0.5) is 4.79 Å². The number of carbonyl (C=O) groups is 2. The number of benzene rings is 1. The van der Waals surface area contributed by atoms with Gasteiger partial charge in [-0.1, -0.05) is 12.1 Å². The SMILES string of the molecule is CN=C(NCc1cccc2c1OCO2)N1CCC(C2(C)NC(=O)NC2=O)CC1. The quantitative estimate of drug-likeness (QED) is 0.403. The highest BCUT2D eigenvalue weighted by molar-refractivity contribution is 6.07. The largest absolute Gasteiger partial charge is 0.454 e. The van der Waals surface area contributed by atoms with Crippen LogP contribution < -0.4 is 25.4 Å². The number of rotatable bonds is 3. The Morgan fingerprint density at radius 2 is 2.11 bits per heavy atom. The van der Waals surface area contributed by atoms with Crippen LogP contribution in [0.3, 0.4) is 0 Å². The maximum atomic E-state index is 12.2. The monoisotopic (exact) mass is 387 g/mol. The highest BCUT2D eigenvalue weighted by atomic mass is 16.7. The molecule has 1 atom stereocenters. The molecular formula is C19H25N5O4. The van der Waals surface area contributed by atoms with Gasteiger partial charge >= 0.3 is 6.03 Å². The normalized spacial score (nSPS) is 24.9. The van der Waals surface area contributed by atoms with Gasteiger partial charge in [0, 0.05) is 32.2 Å². The number of hydrogen-bond donors (Lipinski definition) is 3. The summed E-state index contributed by atoms with van der Waals surface area (Å²) in [7, 11) is 1.76. The zero-order chi connectivity index (χ0) is 19.7. The van der Waals surface area contributed by atoms with Gasteiger partial charge in [0.15, 0.2) is 17.5 Å². The summed E-state index contributed by atoms with van der Waals surface area (Å²) < 4.78 is 11.0. The fourth-order valence-electron chi connectivity index (χ4n) is 4.15. The predicted molar refractivity (Wildman–Crippen MR) is 102 cm³/mol. The van der Waals surface area contributed by atoms with Crippen LogP contribution in [-0.4, -0.2) is 55.3 Å². The lowest BCUT2D eigenvalue weighted by molar-refractivity contribution is -0.125. The fraction of sp³-hybridized carbons (Fsp3) is 0.526. The molecule has 28 heavy (non-hydrogen) atoms. The second-order valence-electron chi connectivity index (χ2n) is 7.42. The van der Waals surface area contributed by atoms with Crippen LogP contribution >= 0.6 is 0 Å². The van der Waals surface area contributed by atoms with E-state index in [1.54, 1.807) is 14.0 Å². The number of urea groups is 1. The van der Waals surface area contributed by atoms with Gasteiger partial charge in [-0.2, -0.15) is 0 Å². The van der Waals surface area contributed by atoms with Crippen LogP contribution in [0.1, 0.15) is 25.3 Å². The molecule has 2 fully saturated rings. The molecule has 1 aromatic rings. The molecule has 0 spiro atoms. The molecule has 1 aromatic carbocycles. The zero-order valence-corrected chi connectivity index (χ0v) is 16.1. The number of imide groups is 1. The molecule has 3 N–H and O–H groups in total. The predicted octanol–water partition coefficient (Wildman–Crippen LogP) is 0.801. The van der Waals surface area contributed by atoms with Crippen molar-refractivity contribution >= 4 is 17.9 Å². The van der Waals surface area contributed by atoms with E-state index in [2.05, 4.69) is 25.8 Å². The van der Waals surface area contributed by atoms with Crippen molar-refractivity contribution in [3.8, 4) is 11.5 Å². The van der Waals surface area contributed by atoms with Crippen LogP contribution in [0.2, 0.25) is 0 Å². The van der Waals surface area contributed by atoms with Gasteiger partial charge in [-0.25, -0.2) is 4.79 Å². The maximum absolute atomic E-state index is 12.2. The van der Waals surface area contributed by atoms with Crippen molar-refractivity contribution in [3.05, 3.63) is 23.8 Å². The Hall–Kier alpha value is -2.97. The minimum absolute atomic E-state index is 0.0937. The van der Waals surface area contributed by atoms with Crippen LogP contribution in [0, 0.1) is 5.92 Å². The standard InChI is InChI=1S/C19H25N5O4/c1-19(16(25)22-18(26)23-19)13-6-8-24(9-7-13)17(20-2)21-10-12-4-3-5-14-15(12)28-11-27-14/h3-5,13H,6-11H2,1-2H3,(H,20,21)(H2,22,23,25,26). The van der Waals surface area contributed by atoms with E-state index >= 15 is 0 Å². The Balaban J connectivity index is 1.35. The zero-order valence-electron chi connectivity index (χ0n) is 16.1. The molecule has 3 amide bonds. The van der Waals surface area contributed by atoms with Gasteiger partial charge in [0.2, 0.25) is 6.79 Å². The number of guanidine groups is 1. The van der Waals surface area contributed by atoms with E-state index in [-0.39, 0.29) is 18.6 Å². The van der Waals surface area contributed by atoms with E-state index < -0.39 is 11.6 Å². The summed E-state index contributed by atoms with van der Waals surface area (Å²) in [5.74, 6) is 2.20. The van der Waals surface area contributed by atoms with E-state index in [1.807, 2.05) is 18.2 Å². The van der Waals surface area contributed by atoms with Crippen LogP contribution in [0.5, 0.6) is 11.5 Å². The summed E-state index contributed by atoms with van der Waals surface area (Å²) in [4.78, 5) is 30.3. The number of aliphatic imine (C=N–C) groups is 1. The van der Waals surface area contributed by atoms with Gasteiger partial charge in [0.25, 0.3) is 5.91 Å². The number of ether oxygens (including phenoxy) is 2.